The Bertz CT molecular complexity index is 367. The highest BCUT2D eigenvalue weighted by atomic mass is 16.5. The second-order valence-corrected chi connectivity index (χ2v) is 9.06. The smallest absolute Gasteiger partial charge is 0.0647 e. The van der Waals surface area contributed by atoms with E-state index >= 15 is 0 Å². The Balaban J connectivity index is 1.66. The summed E-state index contributed by atoms with van der Waals surface area (Å²) in [4.78, 5) is 0. The number of rotatable bonds is 2. The summed E-state index contributed by atoms with van der Waals surface area (Å²) in [5.41, 5.74) is 1.24. The lowest BCUT2D eigenvalue weighted by molar-refractivity contribution is -0.195. The van der Waals surface area contributed by atoms with Crippen molar-refractivity contribution in [2.45, 2.75) is 64.9 Å². The Morgan fingerprint density at radius 2 is 1.74 bits per heavy atom. The average molecular weight is 264 g/mol. The van der Waals surface area contributed by atoms with Crippen LogP contribution in [0.2, 0.25) is 0 Å². The normalized spacial score (nSPS) is 57.6. The fraction of sp³-hybridized carbons (Fsp3) is 1.00. The van der Waals surface area contributed by atoms with Crippen LogP contribution in [0.4, 0.5) is 0 Å². The van der Waals surface area contributed by atoms with Crippen molar-refractivity contribution in [2.75, 3.05) is 13.2 Å². The quantitative estimate of drug-likeness (QED) is 0.828. The maximum atomic E-state index is 11.1. The topological polar surface area (TPSA) is 29.5 Å². The Morgan fingerprint density at radius 3 is 2.26 bits per heavy atom. The molecule has 4 atom stereocenters. The number of ether oxygens (including phenoxy) is 1. The highest BCUT2D eigenvalue weighted by molar-refractivity contribution is 5.13. The predicted octanol–water partition coefficient (Wildman–Crippen LogP) is 3.38. The van der Waals surface area contributed by atoms with E-state index in [0.717, 1.165) is 25.6 Å². The number of hydrogen-bond donors (Lipinski definition) is 1. The van der Waals surface area contributed by atoms with E-state index in [9.17, 15) is 5.11 Å². The van der Waals surface area contributed by atoms with E-state index in [1.807, 2.05) is 0 Å². The SMILES string of the molecule is CC12CC3CC(C)(C1)CC(C(O)C1CCOC1)(C3)C2. The summed E-state index contributed by atoms with van der Waals surface area (Å²) in [6.45, 7) is 6.63. The standard InChI is InChI=1S/C17H28O2/c1-15-5-12-6-16(2,9-15)11-17(7-12,10-15)14(18)13-3-4-19-8-13/h12-14,18H,3-11H2,1-2H3. The van der Waals surface area contributed by atoms with E-state index in [4.69, 9.17) is 4.74 Å². The molecule has 1 N–H and O–H groups in total. The molecule has 4 unspecified atom stereocenters. The van der Waals surface area contributed by atoms with Gasteiger partial charge in [0.05, 0.1) is 12.7 Å². The zero-order valence-electron chi connectivity index (χ0n) is 12.5. The van der Waals surface area contributed by atoms with Crippen molar-refractivity contribution in [1.29, 1.82) is 0 Å². The van der Waals surface area contributed by atoms with Crippen LogP contribution in [0.5, 0.6) is 0 Å². The first kappa shape index (κ1) is 12.6. The molecule has 2 nitrogen and oxygen atoms in total. The van der Waals surface area contributed by atoms with Gasteiger partial charge in [0.2, 0.25) is 0 Å². The first-order valence-corrected chi connectivity index (χ1v) is 8.18. The molecule has 108 valence electrons. The molecule has 0 aromatic carbocycles. The fourth-order valence-electron chi connectivity index (χ4n) is 7.17. The van der Waals surface area contributed by atoms with Crippen LogP contribution in [0.3, 0.4) is 0 Å². The highest BCUT2D eigenvalue weighted by Crippen LogP contribution is 2.70. The Hall–Kier alpha value is -0.0800. The van der Waals surface area contributed by atoms with Crippen LogP contribution in [-0.2, 0) is 4.74 Å². The van der Waals surface area contributed by atoms with Gasteiger partial charge in [-0.15, -0.1) is 0 Å². The molecule has 0 spiro atoms. The molecule has 0 amide bonds. The first-order valence-electron chi connectivity index (χ1n) is 8.18. The van der Waals surface area contributed by atoms with E-state index in [1.165, 1.54) is 38.5 Å². The highest BCUT2D eigenvalue weighted by Gasteiger charge is 2.62. The number of hydrogen-bond acceptors (Lipinski definition) is 2. The van der Waals surface area contributed by atoms with E-state index in [1.54, 1.807) is 0 Å². The molecule has 4 bridgehead atoms. The van der Waals surface area contributed by atoms with Gasteiger partial charge in [-0.2, -0.15) is 0 Å². The maximum absolute atomic E-state index is 11.1. The van der Waals surface area contributed by atoms with Crippen LogP contribution in [-0.4, -0.2) is 24.4 Å². The molecular formula is C17H28O2. The van der Waals surface area contributed by atoms with Crippen molar-refractivity contribution in [2.24, 2.45) is 28.1 Å². The minimum absolute atomic E-state index is 0.114. The minimum atomic E-state index is -0.114. The van der Waals surface area contributed by atoms with Gasteiger partial charge >= 0.3 is 0 Å². The average Bonchev–Trinajstić information content (AvgIpc) is 2.75. The van der Waals surface area contributed by atoms with Crippen molar-refractivity contribution in [1.82, 2.24) is 0 Å². The third kappa shape index (κ3) is 1.82. The fourth-order valence-corrected chi connectivity index (χ4v) is 7.17. The molecule has 0 aromatic rings. The maximum Gasteiger partial charge on any atom is 0.0647 e. The molecule has 4 saturated carbocycles. The summed E-state index contributed by atoms with van der Waals surface area (Å²) in [5, 5.41) is 11.1. The second-order valence-electron chi connectivity index (χ2n) is 9.06. The zero-order chi connectivity index (χ0) is 13.3. The Labute approximate surface area is 116 Å². The molecule has 0 aromatic heterocycles. The summed E-state index contributed by atoms with van der Waals surface area (Å²) in [5.74, 6) is 1.28. The summed E-state index contributed by atoms with van der Waals surface area (Å²) in [7, 11) is 0. The lowest BCUT2D eigenvalue weighted by Gasteiger charge is -2.67. The molecule has 5 aliphatic rings. The van der Waals surface area contributed by atoms with Crippen LogP contribution in [0.25, 0.3) is 0 Å². The lowest BCUT2D eigenvalue weighted by atomic mass is 9.39. The third-order valence-electron chi connectivity index (χ3n) is 6.71. The monoisotopic (exact) mass is 264 g/mol. The van der Waals surface area contributed by atoms with Gasteiger partial charge in [-0.3, -0.25) is 0 Å². The summed E-state index contributed by atoms with van der Waals surface area (Å²) in [6, 6.07) is 0. The first-order chi connectivity index (χ1) is 8.92. The predicted molar refractivity (Wildman–Crippen MR) is 74.8 cm³/mol. The van der Waals surface area contributed by atoms with Gasteiger partial charge in [-0.25, -0.2) is 0 Å². The van der Waals surface area contributed by atoms with Crippen molar-refractivity contribution in [3.63, 3.8) is 0 Å². The van der Waals surface area contributed by atoms with Gasteiger partial charge in [-0.1, -0.05) is 13.8 Å². The van der Waals surface area contributed by atoms with E-state index in [0.29, 0.717) is 16.7 Å². The van der Waals surface area contributed by atoms with Crippen molar-refractivity contribution in [3.05, 3.63) is 0 Å². The van der Waals surface area contributed by atoms with E-state index in [2.05, 4.69) is 13.8 Å². The minimum Gasteiger partial charge on any atom is -0.392 e. The molecule has 19 heavy (non-hydrogen) atoms. The van der Waals surface area contributed by atoms with Gasteiger partial charge in [0.25, 0.3) is 0 Å². The molecule has 0 radical (unpaired) electrons. The number of aliphatic hydroxyl groups excluding tert-OH is 1. The zero-order valence-corrected chi connectivity index (χ0v) is 12.5. The van der Waals surface area contributed by atoms with Crippen LogP contribution in [0.1, 0.15) is 58.8 Å². The number of aliphatic hydroxyl groups is 1. The van der Waals surface area contributed by atoms with Gasteiger partial charge in [0, 0.05) is 12.5 Å². The largest absolute Gasteiger partial charge is 0.392 e. The van der Waals surface area contributed by atoms with E-state index in [-0.39, 0.29) is 11.5 Å². The Morgan fingerprint density at radius 1 is 1.05 bits per heavy atom. The van der Waals surface area contributed by atoms with Gasteiger partial charge in [-0.05, 0) is 67.1 Å². The molecule has 1 aliphatic heterocycles. The molecule has 2 heteroatoms. The van der Waals surface area contributed by atoms with Crippen LogP contribution >= 0.6 is 0 Å². The van der Waals surface area contributed by atoms with Crippen LogP contribution in [0.15, 0.2) is 0 Å². The van der Waals surface area contributed by atoms with Crippen LogP contribution in [0, 0.1) is 28.1 Å². The van der Waals surface area contributed by atoms with Crippen LogP contribution < -0.4 is 0 Å². The molecule has 1 heterocycles. The van der Waals surface area contributed by atoms with Crippen molar-refractivity contribution < 1.29 is 9.84 Å². The third-order valence-corrected chi connectivity index (χ3v) is 6.71. The van der Waals surface area contributed by atoms with E-state index < -0.39 is 0 Å². The summed E-state index contributed by atoms with van der Waals surface area (Å²) < 4.78 is 5.53. The van der Waals surface area contributed by atoms with Crippen molar-refractivity contribution >= 4 is 0 Å². The van der Waals surface area contributed by atoms with Gasteiger partial charge in [0.15, 0.2) is 0 Å². The second kappa shape index (κ2) is 3.76. The van der Waals surface area contributed by atoms with Gasteiger partial charge in [0.1, 0.15) is 0 Å². The molecule has 1 saturated heterocycles. The molecule has 5 fully saturated rings. The summed E-state index contributed by atoms with van der Waals surface area (Å²) >= 11 is 0. The molecular weight excluding hydrogens is 236 g/mol. The molecule has 4 aliphatic carbocycles. The lowest BCUT2D eigenvalue weighted by Crippen LogP contribution is -2.60. The van der Waals surface area contributed by atoms with Crippen molar-refractivity contribution in [3.8, 4) is 0 Å². The van der Waals surface area contributed by atoms with Gasteiger partial charge < -0.3 is 9.84 Å². The Kier molecular flexibility index (Phi) is 2.50. The summed E-state index contributed by atoms with van der Waals surface area (Å²) in [6.07, 6.45) is 9.00. The molecule has 5 rings (SSSR count).